The molecule has 0 bridgehead atoms. The Bertz CT molecular complexity index is 2980. The fourth-order valence-electron chi connectivity index (χ4n) is 9.52. The molecule has 258 valence electrons. The first-order valence-corrected chi connectivity index (χ1v) is 19.3. The maximum absolute atomic E-state index is 2.49. The lowest BCUT2D eigenvalue weighted by molar-refractivity contribution is 0.770. The molecule has 0 saturated carbocycles. The van der Waals surface area contributed by atoms with Crippen molar-refractivity contribution in [1.82, 2.24) is 0 Å². The second-order valence-electron chi connectivity index (χ2n) is 15.3. The third-order valence-electron chi connectivity index (χ3n) is 12.1. The van der Waals surface area contributed by atoms with E-state index in [1.54, 1.807) is 0 Å². The molecule has 11 rings (SSSR count). The summed E-state index contributed by atoms with van der Waals surface area (Å²) in [4.78, 5) is 0. The molecule has 1 atom stereocenters. The Morgan fingerprint density at radius 2 is 1.00 bits per heavy atom. The summed E-state index contributed by atoms with van der Waals surface area (Å²) < 4.78 is 0. The number of hydrogen-bond acceptors (Lipinski definition) is 0. The molecule has 0 heteroatoms. The van der Waals surface area contributed by atoms with Gasteiger partial charge in [-0.1, -0.05) is 164 Å². The molecule has 1 unspecified atom stereocenters. The molecule has 9 aromatic carbocycles. The summed E-state index contributed by atoms with van der Waals surface area (Å²) in [6.07, 6.45) is 3.61. The Hall–Kier alpha value is -6.24. The number of rotatable bonds is 2. The van der Waals surface area contributed by atoms with Crippen LogP contribution in [-0.4, -0.2) is 0 Å². The van der Waals surface area contributed by atoms with Gasteiger partial charge in [-0.15, -0.1) is 0 Å². The summed E-state index contributed by atoms with van der Waals surface area (Å²) in [5, 5.41) is 10.7. The van der Waals surface area contributed by atoms with Crippen molar-refractivity contribution in [3.8, 4) is 33.4 Å². The molecule has 0 N–H and O–H groups in total. The molecule has 9 aromatic rings. The molecule has 2 aliphatic rings. The van der Waals surface area contributed by atoms with Gasteiger partial charge in [0.1, 0.15) is 0 Å². The average molecular weight is 691 g/mol. The molecule has 0 fully saturated rings. The van der Waals surface area contributed by atoms with Gasteiger partial charge in [0.2, 0.25) is 0 Å². The second-order valence-corrected chi connectivity index (χ2v) is 15.3. The van der Waals surface area contributed by atoms with Gasteiger partial charge >= 0.3 is 0 Å². The van der Waals surface area contributed by atoms with Crippen LogP contribution in [0.3, 0.4) is 0 Å². The van der Waals surface area contributed by atoms with Crippen molar-refractivity contribution in [3.63, 3.8) is 0 Å². The van der Waals surface area contributed by atoms with Crippen LogP contribution in [0.25, 0.3) is 82.0 Å². The summed E-state index contributed by atoms with van der Waals surface area (Å²) in [5.74, 6) is 0.586. The van der Waals surface area contributed by atoms with Gasteiger partial charge in [-0.3, -0.25) is 0 Å². The Morgan fingerprint density at radius 1 is 0.407 bits per heavy atom. The van der Waals surface area contributed by atoms with E-state index in [2.05, 4.69) is 191 Å². The predicted octanol–water partition coefficient (Wildman–Crippen LogP) is 15.2. The number of fused-ring (bicyclic) bond motifs is 7. The number of benzene rings is 9. The smallest absolute Gasteiger partial charge is 0.00143 e. The summed E-state index contributed by atoms with van der Waals surface area (Å²) >= 11 is 0. The van der Waals surface area contributed by atoms with Crippen LogP contribution in [0.15, 0.2) is 164 Å². The third kappa shape index (κ3) is 4.97. The van der Waals surface area contributed by atoms with Gasteiger partial charge in [0.15, 0.2) is 0 Å². The minimum atomic E-state index is 0.586. The maximum atomic E-state index is 2.49. The van der Waals surface area contributed by atoms with Crippen LogP contribution in [0.5, 0.6) is 0 Å². The van der Waals surface area contributed by atoms with Crippen molar-refractivity contribution in [3.05, 3.63) is 197 Å². The zero-order valence-electron chi connectivity index (χ0n) is 31.4. The summed E-state index contributed by atoms with van der Waals surface area (Å²) in [5.41, 5.74) is 18.1. The zero-order chi connectivity index (χ0) is 36.5. The lowest BCUT2D eigenvalue weighted by Gasteiger charge is -2.22. The first-order chi connectivity index (χ1) is 26.5. The Balaban J connectivity index is 0.000000134. The van der Waals surface area contributed by atoms with Gasteiger partial charge in [0, 0.05) is 0 Å². The van der Waals surface area contributed by atoms with E-state index in [0.717, 1.165) is 6.42 Å². The third-order valence-corrected chi connectivity index (χ3v) is 12.1. The van der Waals surface area contributed by atoms with Crippen LogP contribution in [0.2, 0.25) is 0 Å². The first kappa shape index (κ1) is 32.4. The maximum Gasteiger partial charge on any atom is -0.00143 e. The van der Waals surface area contributed by atoms with Crippen LogP contribution >= 0.6 is 0 Å². The average Bonchev–Trinajstić information content (AvgIpc) is 3.55. The molecular formula is C54H42. The quantitative estimate of drug-likeness (QED) is 0.158. The molecule has 0 heterocycles. The predicted molar refractivity (Wildman–Crippen MR) is 234 cm³/mol. The number of allylic oxidation sites excluding steroid dienone is 1. The van der Waals surface area contributed by atoms with Gasteiger partial charge in [-0.05, 0) is 155 Å². The number of hydrogen-bond donors (Lipinski definition) is 0. The standard InChI is InChI=1S/C28H22.C26H20/c1-17-15-16-24-27-20(17)13-8-14-23(27)25-18(2)21-11-6-7-12-22(21)26(28(24)25)19-9-4-3-5-10-19;1-17-12-13-22-18(2)23-15-20-10-6-7-11-21(20)16-25(23)26(24(22)14-17)19-8-4-3-5-9-19/h3-14,16-17H,15H2,1-2H3;3-16H,1-2H3. The van der Waals surface area contributed by atoms with Gasteiger partial charge in [0.05, 0.1) is 0 Å². The lowest BCUT2D eigenvalue weighted by Crippen LogP contribution is -2.03. The molecule has 0 nitrogen and oxygen atoms in total. The molecule has 0 aliphatic heterocycles. The van der Waals surface area contributed by atoms with Gasteiger partial charge in [0.25, 0.3) is 0 Å². The Morgan fingerprint density at radius 3 is 1.72 bits per heavy atom. The van der Waals surface area contributed by atoms with E-state index < -0.39 is 0 Å². The summed E-state index contributed by atoms with van der Waals surface area (Å²) in [6.45, 7) is 9.08. The van der Waals surface area contributed by atoms with Gasteiger partial charge < -0.3 is 0 Å². The first-order valence-electron chi connectivity index (χ1n) is 19.3. The molecule has 0 radical (unpaired) electrons. The van der Waals surface area contributed by atoms with Crippen LogP contribution in [0.1, 0.15) is 52.6 Å². The van der Waals surface area contributed by atoms with Crippen molar-refractivity contribution in [1.29, 1.82) is 0 Å². The van der Waals surface area contributed by atoms with Crippen LogP contribution < -0.4 is 0 Å². The largest absolute Gasteiger partial charge is 0.0754 e. The topological polar surface area (TPSA) is 0 Å². The van der Waals surface area contributed by atoms with Crippen molar-refractivity contribution >= 4 is 48.7 Å². The molecule has 54 heavy (non-hydrogen) atoms. The molecule has 0 spiro atoms. The summed E-state index contributed by atoms with van der Waals surface area (Å²) in [7, 11) is 0. The van der Waals surface area contributed by atoms with Crippen LogP contribution in [0, 0.1) is 20.8 Å². The monoisotopic (exact) mass is 690 g/mol. The van der Waals surface area contributed by atoms with E-state index in [0.29, 0.717) is 5.92 Å². The van der Waals surface area contributed by atoms with Crippen molar-refractivity contribution < 1.29 is 0 Å². The van der Waals surface area contributed by atoms with Crippen molar-refractivity contribution in [2.24, 2.45) is 0 Å². The van der Waals surface area contributed by atoms with E-state index in [4.69, 9.17) is 0 Å². The van der Waals surface area contributed by atoms with Gasteiger partial charge in [-0.2, -0.15) is 0 Å². The van der Waals surface area contributed by atoms with E-state index in [1.165, 1.54) is 115 Å². The molecule has 0 aromatic heterocycles. The minimum absolute atomic E-state index is 0.586. The molecule has 2 aliphatic carbocycles. The SMILES string of the molecule is Cc1c2c(c(-c3ccccc3)c3ccccc13)C1=CCC(C)c3cccc-2c31.Cc1ccc2c(C)c3cc4ccccc4cc3c(-c3ccccc3)c2c1. The van der Waals surface area contributed by atoms with Crippen LogP contribution in [0.4, 0.5) is 0 Å². The Labute approximate surface area is 318 Å². The highest BCUT2D eigenvalue weighted by molar-refractivity contribution is 6.18. The highest BCUT2D eigenvalue weighted by Crippen LogP contribution is 2.56. The minimum Gasteiger partial charge on any atom is -0.0754 e. The lowest BCUT2D eigenvalue weighted by atomic mass is 9.82. The molecule has 0 saturated heterocycles. The van der Waals surface area contributed by atoms with E-state index in [1.807, 2.05) is 0 Å². The second kappa shape index (κ2) is 12.7. The van der Waals surface area contributed by atoms with Gasteiger partial charge in [-0.25, -0.2) is 0 Å². The van der Waals surface area contributed by atoms with E-state index in [-0.39, 0.29) is 0 Å². The fourth-order valence-corrected chi connectivity index (χ4v) is 9.52. The zero-order valence-corrected chi connectivity index (χ0v) is 31.4. The van der Waals surface area contributed by atoms with Crippen molar-refractivity contribution in [2.45, 2.75) is 40.0 Å². The summed E-state index contributed by atoms with van der Waals surface area (Å²) in [6, 6.07) is 57.7. The highest BCUT2D eigenvalue weighted by atomic mass is 14.4. The van der Waals surface area contributed by atoms with Crippen molar-refractivity contribution in [2.75, 3.05) is 0 Å². The number of aryl methyl sites for hydroxylation is 3. The fraction of sp³-hybridized carbons (Fsp3) is 0.111. The van der Waals surface area contributed by atoms with E-state index in [9.17, 15) is 0 Å². The molecular weight excluding hydrogens is 649 g/mol. The van der Waals surface area contributed by atoms with Crippen LogP contribution in [-0.2, 0) is 0 Å². The highest BCUT2D eigenvalue weighted by Gasteiger charge is 2.34. The normalized spacial score (nSPS) is 14.1. The van der Waals surface area contributed by atoms with E-state index >= 15 is 0 Å². The molecule has 0 amide bonds. The Kier molecular flexibility index (Phi) is 7.63.